The van der Waals surface area contributed by atoms with Gasteiger partial charge in [-0.1, -0.05) is 0 Å². The van der Waals surface area contributed by atoms with Gasteiger partial charge in [0.25, 0.3) is 0 Å². The van der Waals surface area contributed by atoms with Crippen LogP contribution in [-0.2, 0) is 6.42 Å². The SMILES string of the molecule is Fc1cc2c(cc1[C@@H]1CCCN1)CCO2. The molecule has 2 heterocycles. The smallest absolute Gasteiger partial charge is 0.131 e. The summed E-state index contributed by atoms with van der Waals surface area (Å²) in [5.41, 5.74) is 1.97. The van der Waals surface area contributed by atoms with Crippen LogP contribution >= 0.6 is 0 Å². The number of halogens is 1. The lowest BCUT2D eigenvalue weighted by atomic mass is 10.0. The molecule has 1 N–H and O–H groups in total. The Kier molecular flexibility index (Phi) is 2.13. The predicted octanol–water partition coefficient (Wildman–Crippen LogP) is 2.19. The van der Waals surface area contributed by atoms with Crippen LogP contribution < -0.4 is 10.1 Å². The molecule has 1 aromatic rings. The van der Waals surface area contributed by atoms with E-state index in [0.717, 1.165) is 42.7 Å². The lowest BCUT2D eigenvalue weighted by Gasteiger charge is -2.13. The van der Waals surface area contributed by atoms with Gasteiger partial charge in [-0.15, -0.1) is 0 Å². The Morgan fingerprint density at radius 3 is 3.13 bits per heavy atom. The molecule has 1 saturated heterocycles. The second-order valence-corrected chi connectivity index (χ2v) is 4.23. The van der Waals surface area contributed by atoms with E-state index in [4.69, 9.17) is 4.74 Å². The van der Waals surface area contributed by atoms with Gasteiger partial charge < -0.3 is 10.1 Å². The molecule has 0 saturated carbocycles. The summed E-state index contributed by atoms with van der Waals surface area (Å²) in [6.45, 7) is 1.69. The molecule has 0 bridgehead atoms. The average molecular weight is 207 g/mol. The van der Waals surface area contributed by atoms with Gasteiger partial charge in [-0.2, -0.15) is 0 Å². The van der Waals surface area contributed by atoms with E-state index in [0.29, 0.717) is 6.61 Å². The van der Waals surface area contributed by atoms with Crippen molar-refractivity contribution in [1.29, 1.82) is 0 Å². The first-order valence-corrected chi connectivity index (χ1v) is 5.53. The first-order valence-electron chi connectivity index (χ1n) is 5.53. The first-order chi connectivity index (χ1) is 7.34. The van der Waals surface area contributed by atoms with E-state index in [1.54, 1.807) is 0 Å². The zero-order valence-electron chi connectivity index (χ0n) is 8.55. The molecule has 1 aromatic carbocycles. The lowest BCUT2D eigenvalue weighted by molar-refractivity contribution is 0.355. The monoisotopic (exact) mass is 207 g/mol. The van der Waals surface area contributed by atoms with Gasteiger partial charge in [-0.3, -0.25) is 0 Å². The van der Waals surface area contributed by atoms with Gasteiger partial charge in [0.05, 0.1) is 6.61 Å². The van der Waals surface area contributed by atoms with Crippen LogP contribution in [0.5, 0.6) is 5.75 Å². The summed E-state index contributed by atoms with van der Waals surface area (Å²) in [5.74, 6) is 0.601. The molecule has 2 aliphatic heterocycles. The van der Waals surface area contributed by atoms with Crippen molar-refractivity contribution in [2.45, 2.75) is 25.3 Å². The number of nitrogens with one attached hydrogen (secondary N) is 1. The highest BCUT2D eigenvalue weighted by Gasteiger charge is 2.23. The topological polar surface area (TPSA) is 21.3 Å². The summed E-state index contributed by atoms with van der Waals surface area (Å²) < 4.78 is 19.1. The summed E-state index contributed by atoms with van der Waals surface area (Å²) in [6.07, 6.45) is 3.09. The van der Waals surface area contributed by atoms with Gasteiger partial charge in [0.1, 0.15) is 11.6 Å². The molecule has 3 rings (SSSR count). The number of hydrogen-bond acceptors (Lipinski definition) is 2. The molecule has 0 aliphatic carbocycles. The van der Waals surface area contributed by atoms with E-state index in [2.05, 4.69) is 5.32 Å². The van der Waals surface area contributed by atoms with Crippen molar-refractivity contribution < 1.29 is 9.13 Å². The van der Waals surface area contributed by atoms with Gasteiger partial charge in [0, 0.05) is 24.1 Å². The van der Waals surface area contributed by atoms with Crippen molar-refractivity contribution in [3.05, 3.63) is 29.1 Å². The van der Waals surface area contributed by atoms with Crippen LogP contribution in [0.25, 0.3) is 0 Å². The molecule has 80 valence electrons. The van der Waals surface area contributed by atoms with Crippen LogP contribution in [0.1, 0.15) is 30.0 Å². The number of hydrogen-bond donors (Lipinski definition) is 1. The van der Waals surface area contributed by atoms with Crippen LogP contribution in [0.3, 0.4) is 0 Å². The Labute approximate surface area is 88.4 Å². The highest BCUT2D eigenvalue weighted by atomic mass is 19.1. The number of fused-ring (bicyclic) bond motifs is 1. The van der Waals surface area contributed by atoms with Crippen molar-refractivity contribution in [3.63, 3.8) is 0 Å². The van der Waals surface area contributed by atoms with Crippen LogP contribution in [-0.4, -0.2) is 13.2 Å². The summed E-state index contributed by atoms with van der Waals surface area (Å²) in [7, 11) is 0. The van der Waals surface area contributed by atoms with Crippen molar-refractivity contribution in [3.8, 4) is 5.75 Å². The van der Waals surface area contributed by atoms with Crippen molar-refractivity contribution in [2.75, 3.05) is 13.2 Å². The van der Waals surface area contributed by atoms with Gasteiger partial charge in [-0.05, 0) is 31.0 Å². The Morgan fingerprint density at radius 1 is 1.40 bits per heavy atom. The van der Waals surface area contributed by atoms with E-state index in [-0.39, 0.29) is 11.9 Å². The maximum atomic E-state index is 13.8. The van der Waals surface area contributed by atoms with Crippen molar-refractivity contribution in [2.24, 2.45) is 0 Å². The fourth-order valence-corrected chi connectivity index (χ4v) is 2.44. The number of ether oxygens (including phenoxy) is 1. The molecular weight excluding hydrogens is 193 g/mol. The third kappa shape index (κ3) is 1.51. The van der Waals surface area contributed by atoms with Crippen molar-refractivity contribution >= 4 is 0 Å². The lowest BCUT2D eigenvalue weighted by Crippen LogP contribution is -2.14. The van der Waals surface area contributed by atoms with E-state index in [1.807, 2.05) is 6.07 Å². The number of benzene rings is 1. The van der Waals surface area contributed by atoms with E-state index >= 15 is 0 Å². The Bertz CT molecular complexity index is 385. The largest absolute Gasteiger partial charge is 0.493 e. The Hall–Kier alpha value is -1.09. The maximum Gasteiger partial charge on any atom is 0.131 e. The third-order valence-corrected chi connectivity index (χ3v) is 3.24. The zero-order chi connectivity index (χ0) is 10.3. The Balaban J connectivity index is 2.00. The van der Waals surface area contributed by atoms with Crippen LogP contribution in [0.2, 0.25) is 0 Å². The standard InChI is InChI=1S/C12H14FNO/c13-10-7-12-8(3-5-15-12)6-9(10)11-2-1-4-14-11/h6-7,11,14H,1-5H2/t11-/m0/s1. The van der Waals surface area contributed by atoms with E-state index in [9.17, 15) is 4.39 Å². The molecule has 2 aliphatic rings. The molecule has 0 radical (unpaired) electrons. The molecule has 0 spiro atoms. The average Bonchev–Trinajstić information content (AvgIpc) is 2.85. The maximum absolute atomic E-state index is 13.8. The molecule has 1 atom stereocenters. The molecule has 0 unspecified atom stereocenters. The highest BCUT2D eigenvalue weighted by Crippen LogP contribution is 2.33. The van der Waals surface area contributed by atoms with Gasteiger partial charge in [0.15, 0.2) is 0 Å². The molecule has 15 heavy (non-hydrogen) atoms. The fraction of sp³-hybridized carbons (Fsp3) is 0.500. The summed E-state index contributed by atoms with van der Waals surface area (Å²) in [6, 6.07) is 3.72. The summed E-state index contributed by atoms with van der Waals surface area (Å²) in [5, 5.41) is 3.32. The predicted molar refractivity (Wildman–Crippen MR) is 55.6 cm³/mol. The molecule has 0 aromatic heterocycles. The van der Waals surface area contributed by atoms with E-state index < -0.39 is 0 Å². The third-order valence-electron chi connectivity index (χ3n) is 3.24. The molecular formula is C12H14FNO. The normalized spacial score (nSPS) is 23.9. The van der Waals surface area contributed by atoms with Gasteiger partial charge in [0.2, 0.25) is 0 Å². The number of rotatable bonds is 1. The Morgan fingerprint density at radius 2 is 2.33 bits per heavy atom. The summed E-state index contributed by atoms with van der Waals surface area (Å²) >= 11 is 0. The van der Waals surface area contributed by atoms with Crippen LogP contribution in [0.4, 0.5) is 4.39 Å². The second-order valence-electron chi connectivity index (χ2n) is 4.23. The van der Waals surface area contributed by atoms with Crippen LogP contribution in [0, 0.1) is 5.82 Å². The van der Waals surface area contributed by atoms with Gasteiger partial charge in [-0.25, -0.2) is 4.39 Å². The minimum atomic E-state index is -0.130. The molecule has 2 nitrogen and oxygen atoms in total. The second kappa shape index (κ2) is 3.49. The fourth-order valence-electron chi connectivity index (χ4n) is 2.44. The zero-order valence-corrected chi connectivity index (χ0v) is 8.55. The molecule has 0 amide bonds. The van der Waals surface area contributed by atoms with E-state index in [1.165, 1.54) is 6.07 Å². The van der Waals surface area contributed by atoms with Crippen LogP contribution in [0.15, 0.2) is 12.1 Å². The minimum absolute atomic E-state index is 0.130. The summed E-state index contributed by atoms with van der Waals surface area (Å²) in [4.78, 5) is 0. The molecule has 3 heteroatoms. The quantitative estimate of drug-likeness (QED) is 0.762. The van der Waals surface area contributed by atoms with Crippen molar-refractivity contribution in [1.82, 2.24) is 5.32 Å². The first kappa shape index (κ1) is 9.16. The minimum Gasteiger partial charge on any atom is -0.493 e. The highest BCUT2D eigenvalue weighted by molar-refractivity contribution is 5.42. The van der Waals surface area contributed by atoms with Gasteiger partial charge >= 0.3 is 0 Å². The molecule has 1 fully saturated rings.